The van der Waals surface area contributed by atoms with Crippen LogP contribution in [-0.2, 0) is 34.3 Å². The average Bonchev–Trinajstić information content (AvgIpc) is 2.71. The Morgan fingerprint density at radius 3 is 2.17 bits per heavy atom. The van der Waals surface area contributed by atoms with Gasteiger partial charge in [-0.3, -0.25) is 4.99 Å². The van der Waals surface area contributed by atoms with Crippen LogP contribution in [0.3, 0.4) is 0 Å². The SMILES string of the molecule is CN=C(NCc1ccc(COCc2ccccc2)cc1)NC(C)CCS(C)(=O)=O. The van der Waals surface area contributed by atoms with Crippen LogP contribution in [0.2, 0.25) is 0 Å². The van der Waals surface area contributed by atoms with Crippen molar-refractivity contribution in [2.45, 2.75) is 39.1 Å². The summed E-state index contributed by atoms with van der Waals surface area (Å²) >= 11 is 0. The lowest BCUT2D eigenvalue weighted by molar-refractivity contribution is 0.107. The molecule has 0 aliphatic heterocycles. The number of benzene rings is 2. The van der Waals surface area contributed by atoms with Crippen LogP contribution < -0.4 is 10.6 Å². The standard InChI is InChI=1S/C22H31N3O3S/c1-18(13-14-29(3,26)27)25-22(23-2)24-15-19-9-11-21(12-10-19)17-28-16-20-7-5-4-6-8-20/h4-12,18H,13-17H2,1-3H3,(H2,23,24,25). The summed E-state index contributed by atoms with van der Waals surface area (Å²) in [6.07, 6.45) is 1.79. The lowest BCUT2D eigenvalue weighted by Crippen LogP contribution is -2.42. The minimum atomic E-state index is -2.95. The van der Waals surface area contributed by atoms with E-state index in [9.17, 15) is 8.42 Å². The van der Waals surface area contributed by atoms with Crippen molar-refractivity contribution >= 4 is 15.8 Å². The van der Waals surface area contributed by atoms with E-state index in [1.807, 2.05) is 25.1 Å². The number of guanidine groups is 1. The van der Waals surface area contributed by atoms with Crippen LogP contribution in [0.25, 0.3) is 0 Å². The summed E-state index contributed by atoms with van der Waals surface area (Å²) in [6.45, 7) is 3.75. The third-order valence-corrected chi connectivity index (χ3v) is 5.37. The van der Waals surface area contributed by atoms with Gasteiger partial charge in [0, 0.05) is 25.9 Å². The fourth-order valence-electron chi connectivity index (χ4n) is 2.69. The highest BCUT2D eigenvalue weighted by molar-refractivity contribution is 7.90. The maximum Gasteiger partial charge on any atom is 0.191 e. The highest BCUT2D eigenvalue weighted by Crippen LogP contribution is 2.08. The zero-order chi connectivity index (χ0) is 21.1. The molecule has 2 aromatic rings. The Bertz CT molecular complexity index is 866. The van der Waals surface area contributed by atoms with Crippen LogP contribution in [0, 0.1) is 0 Å². The molecule has 0 aromatic heterocycles. The molecule has 2 N–H and O–H groups in total. The van der Waals surface area contributed by atoms with E-state index in [1.54, 1.807) is 7.05 Å². The quantitative estimate of drug-likeness (QED) is 0.459. The van der Waals surface area contributed by atoms with E-state index in [1.165, 1.54) is 6.26 Å². The summed E-state index contributed by atoms with van der Waals surface area (Å²) in [5.41, 5.74) is 3.42. The van der Waals surface area contributed by atoms with Gasteiger partial charge in [0.05, 0.1) is 19.0 Å². The normalized spacial score (nSPS) is 13.1. The van der Waals surface area contributed by atoms with Gasteiger partial charge in [0.25, 0.3) is 0 Å². The Morgan fingerprint density at radius 2 is 1.59 bits per heavy atom. The van der Waals surface area contributed by atoms with E-state index in [-0.39, 0.29) is 11.8 Å². The molecule has 1 atom stereocenters. The molecular formula is C22H31N3O3S. The Hall–Kier alpha value is -2.38. The van der Waals surface area contributed by atoms with Crippen LogP contribution in [0.1, 0.15) is 30.0 Å². The number of ether oxygens (including phenoxy) is 1. The predicted molar refractivity (Wildman–Crippen MR) is 119 cm³/mol. The number of sulfone groups is 1. The van der Waals surface area contributed by atoms with Gasteiger partial charge in [-0.2, -0.15) is 0 Å². The molecule has 0 radical (unpaired) electrons. The molecule has 0 bridgehead atoms. The molecule has 0 saturated carbocycles. The second kappa shape index (κ2) is 11.6. The van der Waals surface area contributed by atoms with Crippen molar-refractivity contribution in [3.63, 3.8) is 0 Å². The smallest absolute Gasteiger partial charge is 0.191 e. The molecule has 29 heavy (non-hydrogen) atoms. The summed E-state index contributed by atoms with van der Waals surface area (Å²) in [4.78, 5) is 4.20. The van der Waals surface area contributed by atoms with Crippen molar-refractivity contribution < 1.29 is 13.2 Å². The van der Waals surface area contributed by atoms with Gasteiger partial charge >= 0.3 is 0 Å². The number of rotatable bonds is 10. The third-order valence-electron chi connectivity index (χ3n) is 4.39. The van der Waals surface area contributed by atoms with Crippen LogP contribution in [-0.4, -0.2) is 39.5 Å². The van der Waals surface area contributed by atoms with E-state index < -0.39 is 9.84 Å². The molecular weight excluding hydrogens is 386 g/mol. The maximum absolute atomic E-state index is 11.3. The fourth-order valence-corrected chi connectivity index (χ4v) is 3.47. The molecule has 1 unspecified atom stereocenters. The molecule has 7 heteroatoms. The van der Waals surface area contributed by atoms with Crippen LogP contribution in [0.15, 0.2) is 59.6 Å². The van der Waals surface area contributed by atoms with Gasteiger partial charge < -0.3 is 15.4 Å². The summed E-state index contributed by atoms with van der Waals surface area (Å²) in [7, 11) is -1.25. The molecule has 2 rings (SSSR count). The molecule has 158 valence electrons. The van der Waals surface area contributed by atoms with E-state index in [2.05, 4.69) is 52.0 Å². The molecule has 0 spiro atoms. The summed E-state index contributed by atoms with van der Waals surface area (Å²) in [6, 6.07) is 18.4. The van der Waals surface area contributed by atoms with Crippen molar-refractivity contribution in [1.29, 1.82) is 0 Å². The number of aliphatic imine (C=N–C) groups is 1. The van der Waals surface area contributed by atoms with E-state index in [0.717, 1.165) is 16.7 Å². The molecule has 0 fully saturated rings. The fraction of sp³-hybridized carbons (Fsp3) is 0.409. The molecule has 0 amide bonds. The lowest BCUT2D eigenvalue weighted by Gasteiger charge is -2.17. The minimum Gasteiger partial charge on any atom is -0.372 e. The Morgan fingerprint density at radius 1 is 1.00 bits per heavy atom. The predicted octanol–water partition coefficient (Wildman–Crippen LogP) is 2.89. The molecule has 0 heterocycles. The van der Waals surface area contributed by atoms with E-state index in [0.29, 0.717) is 32.1 Å². The monoisotopic (exact) mass is 417 g/mol. The molecule has 2 aromatic carbocycles. The minimum absolute atomic E-state index is 0.0139. The van der Waals surface area contributed by atoms with Gasteiger partial charge in [-0.25, -0.2) is 8.42 Å². The Labute approximate surface area is 174 Å². The molecule has 0 saturated heterocycles. The van der Waals surface area contributed by atoms with Gasteiger partial charge in [0.1, 0.15) is 9.84 Å². The third kappa shape index (κ3) is 9.58. The first-order valence-corrected chi connectivity index (χ1v) is 11.8. The first kappa shape index (κ1) is 22.9. The number of hydrogen-bond acceptors (Lipinski definition) is 4. The van der Waals surface area contributed by atoms with Gasteiger partial charge in [0.2, 0.25) is 0 Å². The first-order chi connectivity index (χ1) is 13.9. The molecule has 0 aliphatic carbocycles. The second-order valence-corrected chi connectivity index (χ2v) is 9.44. The van der Waals surface area contributed by atoms with Crippen LogP contribution in [0.5, 0.6) is 0 Å². The first-order valence-electron chi connectivity index (χ1n) is 9.70. The Balaban J connectivity index is 1.73. The highest BCUT2D eigenvalue weighted by Gasteiger charge is 2.09. The van der Waals surface area contributed by atoms with E-state index >= 15 is 0 Å². The maximum atomic E-state index is 11.3. The van der Waals surface area contributed by atoms with Crippen LogP contribution >= 0.6 is 0 Å². The van der Waals surface area contributed by atoms with Crippen molar-refractivity contribution in [2.75, 3.05) is 19.1 Å². The highest BCUT2D eigenvalue weighted by atomic mass is 32.2. The molecule has 0 aliphatic rings. The lowest BCUT2D eigenvalue weighted by atomic mass is 10.1. The summed E-state index contributed by atoms with van der Waals surface area (Å²) < 4.78 is 28.3. The summed E-state index contributed by atoms with van der Waals surface area (Å²) in [5, 5.41) is 6.47. The largest absolute Gasteiger partial charge is 0.372 e. The van der Waals surface area contributed by atoms with Gasteiger partial charge in [-0.15, -0.1) is 0 Å². The topological polar surface area (TPSA) is 79.8 Å². The van der Waals surface area contributed by atoms with Gasteiger partial charge in [-0.05, 0) is 30.0 Å². The number of nitrogens with zero attached hydrogens (tertiary/aromatic N) is 1. The Kier molecular flexibility index (Phi) is 9.15. The average molecular weight is 418 g/mol. The zero-order valence-electron chi connectivity index (χ0n) is 17.4. The summed E-state index contributed by atoms with van der Waals surface area (Å²) in [5.74, 6) is 0.813. The van der Waals surface area contributed by atoms with Crippen LogP contribution in [0.4, 0.5) is 0 Å². The number of hydrogen-bond donors (Lipinski definition) is 2. The van der Waals surface area contributed by atoms with Gasteiger partial charge in [-0.1, -0.05) is 54.6 Å². The van der Waals surface area contributed by atoms with E-state index in [4.69, 9.17) is 4.74 Å². The van der Waals surface area contributed by atoms with Crippen molar-refractivity contribution in [3.05, 3.63) is 71.3 Å². The number of nitrogens with one attached hydrogen (secondary N) is 2. The second-order valence-electron chi connectivity index (χ2n) is 7.18. The van der Waals surface area contributed by atoms with Crippen molar-refractivity contribution in [3.8, 4) is 0 Å². The van der Waals surface area contributed by atoms with Crippen molar-refractivity contribution in [1.82, 2.24) is 10.6 Å². The van der Waals surface area contributed by atoms with Gasteiger partial charge in [0.15, 0.2) is 5.96 Å². The molecule has 6 nitrogen and oxygen atoms in total. The van der Waals surface area contributed by atoms with Crippen molar-refractivity contribution in [2.24, 2.45) is 4.99 Å². The zero-order valence-corrected chi connectivity index (χ0v) is 18.2.